The fourth-order valence-electron chi connectivity index (χ4n) is 3.23. The van der Waals surface area contributed by atoms with Gasteiger partial charge >= 0.3 is 0 Å². The van der Waals surface area contributed by atoms with Gasteiger partial charge in [0.2, 0.25) is 0 Å². The minimum Gasteiger partial charge on any atom is -0.294 e. The van der Waals surface area contributed by atoms with Crippen LogP contribution in [0.1, 0.15) is 57.7 Å². The Kier molecular flexibility index (Phi) is 4.45. The molecule has 0 aliphatic carbocycles. The number of nitrogens with zero attached hydrogens (tertiary/aromatic N) is 1. The Hall–Kier alpha value is -0.820. The van der Waals surface area contributed by atoms with Crippen molar-refractivity contribution in [2.75, 3.05) is 6.54 Å². The predicted octanol–water partition coefficient (Wildman–Crippen LogP) is 4.43. The molecule has 1 nitrogen and oxygen atoms in total. The summed E-state index contributed by atoms with van der Waals surface area (Å²) in [5, 5.41) is 0. The van der Waals surface area contributed by atoms with Crippen LogP contribution in [0.15, 0.2) is 24.3 Å². The predicted molar refractivity (Wildman–Crippen MR) is 78.8 cm³/mol. The molecule has 18 heavy (non-hydrogen) atoms. The van der Waals surface area contributed by atoms with E-state index in [1.54, 1.807) is 11.1 Å². The summed E-state index contributed by atoms with van der Waals surface area (Å²) in [7, 11) is 0. The van der Waals surface area contributed by atoms with Gasteiger partial charge in [0, 0.05) is 12.1 Å². The minimum atomic E-state index is 0.653. The quantitative estimate of drug-likeness (QED) is 0.758. The van der Waals surface area contributed by atoms with E-state index < -0.39 is 0 Å². The Morgan fingerprint density at radius 3 is 2.56 bits per heavy atom. The summed E-state index contributed by atoms with van der Waals surface area (Å²) in [5.74, 6) is 0.736. The van der Waals surface area contributed by atoms with E-state index >= 15 is 0 Å². The Morgan fingerprint density at radius 2 is 1.89 bits per heavy atom. The number of hydrogen-bond donors (Lipinski definition) is 0. The Morgan fingerprint density at radius 1 is 1.17 bits per heavy atom. The van der Waals surface area contributed by atoms with Gasteiger partial charge in [-0.15, -0.1) is 0 Å². The number of hydrogen-bond acceptors (Lipinski definition) is 1. The van der Waals surface area contributed by atoms with Crippen molar-refractivity contribution in [3.63, 3.8) is 0 Å². The van der Waals surface area contributed by atoms with Gasteiger partial charge in [0.05, 0.1) is 0 Å². The highest BCUT2D eigenvalue weighted by Crippen LogP contribution is 2.35. The van der Waals surface area contributed by atoms with Gasteiger partial charge in [0.1, 0.15) is 0 Å². The minimum absolute atomic E-state index is 0.653. The van der Waals surface area contributed by atoms with Gasteiger partial charge in [-0.2, -0.15) is 0 Å². The van der Waals surface area contributed by atoms with E-state index in [1.807, 2.05) is 0 Å². The highest BCUT2D eigenvalue weighted by molar-refractivity contribution is 5.31. The summed E-state index contributed by atoms with van der Waals surface area (Å²) >= 11 is 0. The molecule has 1 heterocycles. The molecule has 2 rings (SSSR count). The van der Waals surface area contributed by atoms with Gasteiger partial charge in [-0.25, -0.2) is 0 Å². The third-order valence-electron chi connectivity index (χ3n) is 4.00. The maximum Gasteiger partial charge on any atom is 0.0354 e. The third kappa shape index (κ3) is 2.95. The number of rotatable bonds is 4. The smallest absolute Gasteiger partial charge is 0.0354 e. The van der Waals surface area contributed by atoms with Crippen LogP contribution in [-0.2, 0) is 6.42 Å². The summed E-state index contributed by atoms with van der Waals surface area (Å²) in [4.78, 5) is 2.67. The first kappa shape index (κ1) is 13.6. The summed E-state index contributed by atoms with van der Waals surface area (Å²) in [6.45, 7) is 10.5. The first-order chi connectivity index (χ1) is 8.59. The molecular weight excluding hydrogens is 218 g/mol. The zero-order valence-electron chi connectivity index (χ0n) is 12.3. The fourth-order valence-corrected chi connectivity index (χ4v) is 3.23. The molecule has 0 bridgehead atoms. The molecule has 1 aromatic carbocycles. The monoisotopic (exact) mass is 245 g/mol. The van der Waals surface area contributed by atoms with Crippen molar-refractivity contribution >= 4 is 0 Å². The number of benzene rings is 1. The Balaban J connectivity index is 2.26. The Labute approximate surface area is 112 Å². The molecule has 0 spiro atoms. The highest BCUT2D eigenvalue weighted by Gasteiger charge is 2.29. The highest BCUT2D eigenvalue weighted by atomic mass is 15.2. The lowest BCUT2D eigenvalue weighted by molar-refractivity contribution is 0.204. The molecule has 1 saturated heterocycles. The van der Waals surface area contributed by atoms with Gasteiger partial charge in [0.15, 0.2) is 0 Å². The van der Waals surface area contributed by atoms with Gasteiger partial charge < -0.3 is 0 Å². The molecule has 1 fully saturated rings. The summed E-state index contributed by atoms with van der Waals surface area (Å²) in [5.41, 5.74) is 3.14. The van der Waals surface area contributed by atoms with E-state index in [-0.39, 0.29) is 0 Å². The fraction of sp³-hybridized carbons (Fsp3) is 0.647. The van der Waals surface area contributed by atoms with Crippen molar-refractivity contribution < 1.29 is 0 Å². The van der Waals surface area contributed by atoms with Crippen LogP contribution in [0.5, 0.6) is 0 Å². The van der Waals surface area contributed by atoms with Crippen molar-refractivity contribution in [3.05, 3.63) is 35.4 Å². The molecule has 0 amide bonds. The second-order valence-corrected chi connectivity index (χ2v) is 6.29. The van der Waals surface area contributed by atoms with Gasteiger partial charge in [-0.1, -0.05) is 38.1 Å². The standard InChI is InChI=1S/C17H27N/c1-13(2)12-15-8-5-6-9-16(15)17-10-7-11-18(17)14(3)4/h5-6,8-9,13-14,17H,7,10-12H2,1-4H3/t17-/m0/s1. The zero-order chi connectivity index (χ0) is 13.1. The molecule has 0 unspecified atom stereocenters. The molecule has 0 radical (unpaired) electrons. The first-order valence-electron chi connectivity index (χ1n) is 7.43. The second-order valence-electron chi connectivity index (χ2n) is 6.29. The molecule has 0 N–H and O–H groups in total. The van der Waals surface area contributed by atoms with E-state index in [0.717, 1.165) is 5.92 Å². The molecule has 1 aliphatic rings. The van der Waals surface area contributed by atoms with E-state index in [9.17, 15) is 0 Å². The maximum absolute atomic E-state index is 2.67. The Bertz CT molecular complexity index is 381. The SMILES string of the molecule is CC(C)Cc1ccccc1[C@@H]1CCCN1C(C)C. The van der Waals surface area contributed by atoms with Crippen molar-refractivity contribution in [2.45, 2.75) is 59.0 Å². The molecule has 1 aromatic rings. The van der Waals surface area contributed by atoms with Gasteiger partial charge in [-0.3, -0.25) is 4.90 Å². The van der Waals surface area contributed by atoms with Crippen LogP contribution < -0.4 is 0 Å². The van der Waals surface area contributed by atoms with Crippen molar-refractivity contribution in [3.8, 4) is 0 Å². The lowest BCUT2D eigenvalue weighted by atomic mass is 9.92. The maximum atomic E-state index is 2.67. The first-order valence-corrected chi connectivity index (χ1v) is 7.43. The molecule has 100 valence electrons. The van der Waals surface area contributed by atoms with Crippen LogP contribution in [0.2, 0.25) is 0 Å². The number of likely N-dealkylation sites (tertiary alicyclic amines) is 1. The van der Waals surface area contributed by atoms with Crippen LogP contribution in [0, 0.1) is 5.92 Å². The van der Waals surface area contributed by atoms with Crippen LogP contribution in [0.4, 0.5) is 0 Å². The topological polar surface area (TPSA) is 3.24 Å². The molecule has 1 heteroatoms. The van der Waals surface area contributed by atoms with E-state index in [0.29, 0.717) is 12.1 Å². The van der Waals surface area contributed by atoms with Crippen molar-refractivity contribution in [1.82, 2.24) is 4.90 Å². The third-order valence-corrected chi connectivity index (χ3v) is 4.00. The van der Waals surface area contributed by atoms with Gasteiger partial charge in [0.25, 0.3) is 0 Å². The average Bonchev–Trinajstić information content (AvgIpc) is 2.77. The van der Waals surface area contributed by atoms with Crippen LogP contribution in [0.3, 0.4) is 0 Å². The lowest BCUT2D eigenvalue weighted by Gasteiger charge is -2.30. The zero-order valence-corrected chi connectivity index (χ0v) is 12.3. The normalized spacial score (nSPS) is 21.1. The molecule has 0 saturated carbocycles. The lowest BCUT2D eigenvalue weighted by Crippen LogP contribution is -2.30. The van der Waals surface area contributed by atoms with Crippen LogP contribution in [-0.4, -0.2) is 17.5 Å². The molecule has 0 aromatic heterocycles. The molecule has 1 atom stereocenters. The summed E-state index contributed by atoms with van der Waals surface area (Å²) in [6.07, 6.45) is 3.88. The molecular formula is C17H27N. The van der Waals surface area contributed by atoms with Crippen molar-refractivity contribution in [2.24, 2.45) is 5.92 Å². The van der Waals surface area contributed by atoms with Crippen LogP contribution in [0.25, 0.3) is 0 Å². The van der Waals surface area contributed by atoms with Crippen LogP contribution >= 0.6 is 0 Å². The van der Waals surface area contributed by atoms with Crippen molar-refractivity contribution in [1.29, 1.82) is 0 Å². The average molecular weight is 245 g/mol. The van der Waals surface area contributed by atoms with E-state index in [1.165, 1.54) is 25.8 Å². The van der Waals surface area contributed by atoms with E-state index in [4.69, 9.17) is 0 Å². The summed E-state index contributed by atoms with van der Waals surface area (Å²) in [6, 6.07) is 10.4. The van der Waals surface area contributed by atoms with E-state index in [2.05, 4.69) is 56.9 Å². The second kappa shape index (κ2) is 5.88. The largest absolute Gasteiger partial charge is 0.294 e. The molecule has 1 aliphatic heterocycles. The summed E-state index contributed by atoms with van der Waals surface area (Å²) < 4.78 is 0. The van der Waals surface area contributed by atoms with Gasteiger partial charge in [-0.05, 0) is 56.7 Å².